The number of hydrogen-bond acceptors (Lipinski definition) is 5. The van der Waals surface area contributed by atoms with E-state index < -0.39 is 6.10 Å². The molecule has 0 aromatic carbocycles. The Labute approximate surface area is 97.9 Å². The normalized spacial score (nSPS) is 24.6. The van der Waals surface area contributed by atoms with Crippen molar-refractivity contribution in [1.82, 2.24) is 10.3 Å². The number of thiazole rings is 1. The van der Waals surface area contributed by atoms with Gasteiger partial charge in [-0.2, -0.15) is 0 Å². The molecule has 5 nitrogen and oxygen atoms in total. The molecule has 1 aliphatic heterocycles. The van der Waals surface area contributed by atoms with Crippen LogP contribution in [0.15, 0.2) is 6.20 Å². The fourth-order valence-corrected chi connectivity index (χ4v) is 2.39. The molecule has 1 amide bonds. The zero-order chi connectivity index (χ0) is 11.5. The molecule has 0 aliphatic carbocycles. The van der Waals surface area contributed by atoms with E-state index in [-0.39, 0.29) is 11.9 Å². The Bertz CT molecular complexity index is 380. The molecule has 1 aliphatic rings. The van der Waals surface area contributed by atoms with Gasteiger partial charge in [-0.25, -0.2) is 4.98 Å². The van der Waals surface area contributed by atoms with E-state index in [9.17, 15) is 9.90 Å². The summed E-state index contributed by atoms with van der Waals surface area (Å²) in [5.74, 6) is -0.117. The number of carbonyl (C=O) groups is 1. The van der Waals surface area contributed by atoms with Gasteiger partial charge in [0, 0.05) is 17.6 Å². The second kappa shape index (κ2) is 4.90. The van der Waals surface area contributed by atoms with Crippen LogP contribution in [0.3, 0.4) is 0 Å². The molecule has 2 atom stereocenters. The SMILES string of the molecule is CCc1cnc(NC(=O)C2CC(O)CN2)s1. The van der Waals surface area contributed by atoms with Crippen molar-refractivity contribution < 1.29 is 9.90 Å². The van der Waals surface area contributed by atoms with Crippen LogP contribution in [-0.2, 0) is 11.2 Å². The van der Waals surface area contributed by atoms with Crippen molar-refractivity contribution >= 4 is 22.4 Å². The lowest BCUT2D eigenvalue weighted by Gasteiger charge is -2.08. The second-order valence-corrected chi connectivity index (χ2v) is 4.94. The van der Waals surface area contributed by atoms with E-state index in [0.29, 0.717) is 18.1 Å². The van der Waals surface area contributed by atoms with Gasteiger partial charge in [-0.15, -0.1) is 11.3 Å². The molecule has 1 saturated heterocycles. The zero-order valence-electron chi connectivity index (χ0n) is 9.06. The first-order chi connectivity index (χ1) is 7.69. The zero-order valence-corrected chi connectivity index (χ0v) is 9.88. The lowest BCUT2D eigenvalue weighted by molar-refractivity contribution is -0.117. The Morgan fingerprint density at radius 3 is 3.19 bits per heavy atom. The monoisotopic (exact) mass is 241 g/mol. The van der Waals surface area contributed by atoms with Crippen LogP contribution < -0.4 is 10.6 Å². The molecular formula is C10H15N3O2S. The van der Waals surface area contributed by atoms with Gasteiger partial charge in [-0.1, -0.05) is 6.92 Å². The maximum atomic E-state index is 11.7. The third-order valence-electron chi connectivity index (χ3n) is 2.56. The van der Waals surface area contributed by atoms with Gasteiger partial charge in [0.2, 0.25) is 5.91 Å². The number of nitrogens with zero attached hydrogens (tertiary/aromatic N) is 1. The van der Waals surface area contributed by atoms with Crippen molar-refractivity contribution in [2.75, 3.05) is 11.9 Å². The Morgan fingerprint density at radius 1 is 1.81 bits per heavy atom. The fourth-order valence-electron chi connectivity index (χ4n) is 1.64. The Morgan fingerprint density at radius 2 is 2.62 bits per heavy atom. The van der Waals surface area contributed by atoms with Gasteiger partial charge in [0.05, 0.1) is 12.1 Å². The number of carbonyl (C=O) groups excluding carboxylic acids is 1. The van der Waals surface area contributed by atoms with Crippen LogP contribution in [0.25, 0.3) is 0 Å². The molecular weight excluding hydrogens is 226 g/mol. The number of anilines is 1. The van der Waals surface area contributed by atoms with E-state index in [1.165, 1.54) is 11.3 Å². The summed E-state index contributed by atoms with van der Waals surface area (Å²) < 4.78 is 0. The average molecular weight is 241 g/mol. The summed E-state index contributed by atoms with van der Waals surface area (Å²) >= 11 is 1.49. The predicted octanol–water partition coefficient (Wildman–Crippen LogP) is 0.367. The fraction of sp³-hybridized carbons (Fsp3) is 0.600. The first-order valence-electron chi connectivity index (χ1n) is 5.36. The van der Waals surface area contributed by atoms with E-state index in [1.54, 1.807) is 6.20 Å². The number of aliphatic hydroxyl groups is 1. The Hall–Kier alpha value is -0.980. The minimum Gasteiger partial charge on any atom is -0.392 e. The highest BCUT2D eigenvalue weighted by Crippen LogP contribution is 2.19. The molecule has 6 heteroatoms. The molecule has 2 rings (SSSR count). The van der Waals surface area contributed by atoms with Gasteiger partial charge < -0.3 is 15.7 Å². The molecule has 0 saturated carbocycles. The van der Waals surface area contributed by atoms with Crippen molar-refractivity contribution in [3.63, 3.8) is 0 Å². The van der Waals surface area contributed by atoms with Crippen molar-refractivity contribution in [1.29, 1.82) is 0 Å². The standard InChI is InChI=1S/C10H15N3O2S/c1-2-7-5-12-10(16-7)13-9(15)8-3-6(14)4-11-8/h5-6,8,11,14H,2-4H2,1H3,(H,12,13,15). The minimum absolute atomic E-state index is 0.117. The van der Waals surface area contributed by atoms with Gasteiger partial charge in [-0.05, 0) is 12.8 Å². The maximum Gasteiger partial charge on any atom is 0.243 e. The van der Waals surface area contributed by atoms with Crippen LogP contribution in [0.2, 0.25) is 0 Å². The largest absolute Gasteiger partial charge is 0.392 e. The van der Waals surface area contributed by atoms with Crippen LogP contribution in [0.1, 0.15) is 18.2 Å². The number of rotatable bonds is 3. The highest BCUT2D eigenvalue weighted by molar-refractivity contribution is 7.15. The molecule has 88 valence electrons. The molecule has 1 fully saturated rings. The first-order valence-corrected chi connectivity index (χ1v) is 6.17. The molecule has 0 radical (unpaired) electrons. The maximum absolute atomic E-state index is 11.7. The summed E-state index contributed by atoms with van der Waals surface area (Å²) in [6.07, 6.45) is 2.75. The van der Waals surface area contributed by atoms with Crippen molar-refractivity contribution in [2.24, 2.45) is 0 Å². The summed E-state index contributed by atoms with van der Waals surface area (Å²) in [6, 6.07) is -0.302. The summed E-state index contributed by atoms with van der Waals surface area (Å²) in [5.41, 5.74) is 0. The quantitative estimate of drug-likeness (QED) is 0.714. The highest BCUT2D eigenvalue weighted by Gasteiger charge is 2.28. The third kappa shape index (κ3) is 2.58. The van der Waals surface area contributed by atoms with Gasteiger partial charge in [0.1, 0.15) is 0 Å². The van der Waals surface area contributed by atoms with Crippen molar-refractivity contribution in [2.45, 2.75) is 31.9 Å². The van der Waals surface area contributed by atoms with Crippen LogP contribution in [-0.4, -0.2) is 34.7 Å². The summed E-state index contributed by atoms with van der Waals surface area (Å²) in [6.45, 7) is 2.53. The summed E-state index contributed by atoms with van der Waals surface area (Å²) in [4.78, 5) is 17.0. The van der Waals surface area contributed by atoms with Crippen LogP contribution in [0.4, 0.5) is 5.13 Å². The van der Waals surface area contributed by atoms with Gasteiger partial charge in [0.15, 0.2) is 5.13 Å². The van der Waals surface area contributed by atoms with E-state index in [1.807, 2.05) is 6.92 Å². The van der Waals surface area contributed by atoms with Gasteiger partial charge in [-0.3, -0.25) is 4.79 Å². The number of aliphatic hydroxyl groups excluding tert-OH is 1. The average Bonchev–Trinajstić information content (AvgIpc) is 2.87. The number of nitrogens with one attached hydrogen (secondary N) is 2. The summed E-state index contributed by atoms with van der Waals surface area (Å²) in [5, 5.41) is 15.6. The van der Waals surface area contributed by atoms with Gasteiger partial charge >= 0.3 is 0 Å². The molecule has 0 spiro atoms. The van der Waals surface area contributed by atoms with E-state index in [4.69, 9.17) is 0 Å². The van der Waals surface area contributed by atoms with E-state index in [0.717, 1.165) is 11.3 Å². The number of aromatic nitrogens is 1. The smallest absolute Gasteiger partial charge is 0.243 e. The molecule has 0 bridgehead atoms. The number of aryl methyl sites for hydroxylation is 1. The molecule has 2 unspecified atom stereocenters. The Kier molecular flexibility index (Phi) is 3.52. The third-order valence-corrected chi connectivity index (χ3v) is 3.61. The second-order valence-electron chi connectivity index (χ2n) is 3.82. The summed E-state index contributed by atoms with van der Waals surface area (Å²) in [7, 11) is 0. The highest BCUT2D eigenvalue weighted by atomic mass is 32.1. The number of amides is 1. The molecule has 16 heavy (non-hydrogen) atoms. The first kappa shape index (κ1) is 11.5. The van der Waals surface area contributed by atoms with Crippen molar-refractivity contribution in [3.8, 4) is 0 Å². The topological polar surface area (TPSA) is 74.2 Å². The van der Waals surface area contributed by atoms with Gasteiger partial charge in [0.25, 0.3) is 0 Å². The lowest BCUT2D eigenvalue weighted by Crippen LogP contribution is -2.35. The molecule has 1 aromatic rings. The predicted molar refractivity (Wildman–Crippen MR) is 62.5 cm³/mol. The molecule has 1 aromatic heterocycles. The Balaban J connectivity index is 1.91. The number of β-amino-alcohol motifs (C(OH)–C–C–N with tert-alkyl or cyclic N) is 1. The van der Waals surface area contributed by atoms with Crippen LogP contribution in [0, 0.1) is 0 Å². The number of hydrogen-bond donors (Lipinski definition) is 3. The minimum atomic E-state index is -0.418. The van der Waals surface area contributed by atoms with E-state index >= 15 is 0 Å². The van der Waals surface area contributed by atoms with Crippen molar-refractivity contribution in [3.05, 3.63) is 11.1 Å². The van der Waals surface area contributed by atoms with Crippen LogP contribution >= 0.6 is 11.3 Å². The lowest BCUT2D eigenvalue weighted by atomic mass is 10.2. The molecule has 3 N–H and O–H groups in total. The molecule has 2 heterocycles. The van der Waals surface area contributed by atoms with Crippen LogP contribution in [0.5, 0.6) is 0 Å². The van der Waals surface area contributed by atoms with E-state index in [2.05, 4.69) is 15.6 Å².